The summed E-state index contributed by atoms with van der Waals surface area (Å²) in [6.45, 7) is 6.14. The third-order valence-corrected chi connectivity index (χ3v) is 5.45. The first-order valence-electron chi connectivity index (χ1n) is 9.91. The van der Waals surface area contributed by atoms with Crippen molar-refractivity contribution in [3.05, 3.63) is 35.2 Å². The van der Waals surface area contributed by atoms with Gasteiger partial charge in [0.1, 0.15) is 23.8 Å². The van der Waals surface area contributed by atoms with Crippen LogP contribution >= 0.6 is 0 Å². The lowest BCUT2D eigenvalue weighted by Gasteiger charge is -2.35. The van der Waals surface area contributed by atoms with Gasteiger partial charge in [0, 0.05) is 42.1 Å². The molecule has 138 valence electrons. The molecule has 0 radical (unpaired) electrons. The van der Waals surface area contributed by atoms with E-state index in [0.29, 0.717) is 6.04 Å². The fraction of sp³-hybridized carbons (Fsp3) is 0.600. The third kappa shape index (κ3) is 3.64. The number of rotatable bonds is 4. The molecule has 1 saturated heterocycles. The quantitative estimate of drug-likeness (QED) is 0.912. The van der Waals surface area contributed by atoms with Crippen LogP contribution in [0.2, 0.25) is 0 Å². The van der Waals surface area contributed by atoms with Gasteiger partial charge in [-0.05, 0) is 51.9 Å². The maximum atomic E-state index is 4.74. The molecule has 26 heavy (non-hydrogen) atoms. The lowest BCUT2D eigenvalue weighted by Crippen LogP contribution is -2.43. The van der Waals surface area contributed by atoms with Crippen LogP contribution in [0.25, 0.3) is 0 Å². The molecule has 0 bridgehead atoms. The van der Waals surface area contributed by atoms with E-state index in [0.717, 1.165) is 61.9 Å². The Kier molecular flexibility index (Phi) is 5.00. The van der Waals surface area contributed by atoms with Crippen LogP contribution in [0.5, 0.6) is 0 Å². The van der Waals surface area contributed by atoms with Crippen molar-refractivity contribution in [3.63, 3.8) is 0 Å². The summed E-state index contributed by atoms with van der Waals surface area (Å²) >= 11 is 0. The number of piperidine rings is 1. The van der Waals surface area contributed by atoms with Gasteiger partial charge in [-0.2, -0.15) is 0 Å². The summed E-state index contributed by atoms with van der Waals surface area (Å²) in [7, 11) is 0. The van der Waals surface area contributed by atoms with Crippen LogP contribution in [0.1, 0.15) is 55.4 Å². The average molecular weight is 352 g/mol. The molecule has 6 heteroatoms. The Morgan fingerprint density at radius 2 is 2.04 bits per heavy atom. The fourth-order valence-electron chi connectivity index (χ4n) is 4.09. The summed E-state index contributed by atoms with van der Waals surface area (Å²) < 4.78 is 0. The van der Waals surface area contributed by atoms with Crippen molar-refractivity contribution in [2.75, 3.05) is 23.3 Å². The fourth-order valence-corrected chi connectivity index (χ4v) is 4.09. The minimum atomic E-state index is 0.393. The van der Waals surface area contributed by atoms with Crippen molar-refractivity contribution in [2.45, 2.75) is 64.8 Å². The van der Waals surface area contributed by atoms with E-state index in [1.54, 1.807) is 6.33 Å². The second-order valence-corrected chi connectivity index (χ2v) is 7.40. The van der Waals surface area contributed by atoms with Gasteiger partial charge in [-0.3, -0.25) is 0 Å². The number of nitrogens with zero attached hydrogens (tertiary/aromatic N) is 5. The number of anilines is 2. The van der Waals surface area contributed by atoms with Crippen LogP contribution in [0.15, 0.2) is 12.4 Å². The van der Waals surface area contributed by atoms with Gasteiger partial charge in [0.05, 0.1) is 0 Å². The molecule has 1 N–H and O–H groups in total. The van der Waals surface area contributed by atoms with E-state index in [9.17, 15) is 0 Å². The largest absolute Gasteiger partial charge is 0.365 e. The first-order chi connectivity index (χ1) is 12.7. The Morgan fingerprint density at radius 1 is 1.15 bits per heavy atom. The zero-order valence-corrected chi connectivity index (χ0v) is 15.8. The Labute approximate surface area is 155 Å². The summed E-state index contributed by atoms with van der Waals surface area (Å²) in [4.78, 5) is 20.6. The molecule has 1 aliphatic carbocycles. The number of aromatic nitrogens is 4. The molecule has 2 aliphatic rings. The summed E-state index contributed by atoms with van der Waals surface area (Å²) in [6, 6.07) is 2.52. The highest BCUT2D eigenvalue weighted by Gasteiger charge is 2.24. The van der Waals surface area contributed by atoms with Crippen molar-refractivity contribution in [1.82, 2.24) is 19.9 Å². The third-order valence-electron chi connectivity index (χ3n) is 5.45. The van der Waals surface area contributed by atoms with Gasteiger partial charge in [0.2, 0.25) is 0 Å². The predicted octanol–water partition coefficient (Wildman–Crippen LogP) is 3.10. The van der Waals surface area contributed by atoms with Crippen LogP contribution in [0, 0.1) is 6.92 Å². The summed E-state index contributed by atoms with van der Waals surface area (Å²) in [5, 5.41) is 3.74. The molecular formula is C20H28N6. The van der Waals surface area contributed by atoms with Gasteiger partial charge in [-0.25, -0.2) is 19.9 Å². The predicted molar refractivity (Wildman–Crippen MR) is 104 cm³/mol. The molecule has 2 aromatic rings. The highest BCUT2D eigenvalue weighted by atomic mass is 15.2. The minimum Gasteiger partial charge on any atom is -0.365 e. The molecule has 0 saturated carbocycles. The first kappa shape index (κ1) is 17.2. The highest BCUT2D eigenvalue weighted by molar-refractivity contribution is 5.49. The standard InChI is InChI=1S/C20H28N6/c1-3-15-11-19(22-13-21-15)26-10-6-7-16(12-26)25-20-17-8-4-5-9-18(17)23-14(2)24-20/h11,13,16H,3-10,12H2,1-2H3,(H,23,24,25). The molecule has 1 fully saturated rings. The Balaban J connectivity index is 1.51. The summed E-state index contributed by atoms with van der Waals surface area (Å²) in [5.41, 5.74) is 3.70. The van der Waals surface area contributed by atoms with E-state index in [1.807, 2.05) is 6.92 Å². The van der Waals surface area contributed by atoms with Gasteiger partial charge in [0.25, 0.3) is 0 Å². The zero-order chi connectivity index (χ0) is 17.9. The van der Waals surface area contributed by atoms with E-state index in [2.05, 4.69) is 38.2 Å². The van der Waals surface area contributed by atoms with Crippen molar-refractivity contribution < 1.29 is 0 Å². The smallest absolute Gasteiger partial charge is 0.133 e. The van der Waals surface area contributed by atoms with Gasteiger partial charge in [-0.1, -0.05) is 6.92 Å². The Morgan fingerprint density at radius 3 is 2.92 bits per heavy atom. The molecule has 1 aliphatic heterocycles. The van der Waals surface area contributed by atoms with Gasteiger partial charge >= 0.3 is 0 Å². The number of nitrogens with one attached hydrogen (secondary N) is 1. The number of hydrogen-bond acceptors (Lipinski definition) is 6. The second kappa shape index (κ2) is 7.56. The monoisotopic (exact) mass is 352 g/mol. The Bertz CT molecular complexity index is 775. The minimum absolute atomic E-state index is 0.393. The van der Waals surface area contributed by atoms with Crippen LogP contribution in [-0.2, 0) is 19.3 Å². The van der Waals surface area contributed by atoms with Crippen molar-refractivity contribution >= 4 is 11.6 Å². The van der Waals surface area contributed by atoms with E-state index >= 15 is 0 Å². The van der Waals surface area contributed by atoms with Crippen LogP contribution < -0.4 is 10.2 Å². The van der Waals surface area contributed by atoms with E-state index < -0.39 is 0 Å². The van der Waals surface area contributed by atoms with E-state index in [-0.39, 0.29) is 0 Å². The lowest BCUT2D eigenvalue weighted by atomic mass is 9.95. The van der Waals surface area contributed by atoms with Crippen LogP contribution in [-0.4, -0.2) is 39.1 Å². The lowest BCUT2D eigenvalue weighted by molar-refractivity contribution is 0.523. The molecule has 4 rings (SSSR count). The van der Waals surface area contributed by atoms with E-state index in [1.165, 1.54) is 30.5 Å². The molecule has 3 heterocycles. The van der Waals surface area contributed by atoms with Crippen LogP contribution in [0.3, 0.4) is 0 Å². The SMILES string of the molecule is CCc1cc(N2CCCC(Nc3nc(C)nc4c3CCCC4)C2)ncn1. The van der Waals surface area contributed by atoms with Gasteiger partial charge in [0.15, 0.2) is 0 Å². The maximum Gasteiger partial charge on any atom is 0.133 e. The molecule has 6 nitrogen and oxygen atoms in total. The maximum absolute atomic E-state index is 4.74. The molecule has 0 spiro atoms. The highest BCUT2D eigenvalue weighted by Crippen LogP contribution is 2.27. The Hall–Kier alpha value is -2.24. The zero-order valence-electron chi connectivity index (χ0n) is 15.8. The molecule has 1 atom stereocenters. The van der Waals surface area contributed by atoms with Gasteiger partial charge in [-0.15, -0.1) is 0 Å². The molecule has 0 aromatic carbocycles. The first-order valence-corrected chi connectivity index (χ1v) is 9.91. The van der Waals surface area contributed by atoms with Crippen LogP contribution in [0.4, 0.5) is 11.6 Å². The number of aryl methyl sites for hydroxylation is 3. The average Bonchev–Trinajstić information content (AvgIpc) is 2.68. The molecule has 2 aromatic heterocycles. The van der Waals surface area contributed by atoms with Gasteiger partial charge < -0.3 is 10.2 Å². The normalized spacial score (nSPS) is 19.9. The number of fused-ring (bicyclic) bond motifs is 1. The molecular weight excluding hydrogens is 324 g/mol. The summed E-state index contributed by atoms with van der Waals surface area (Å²) in [5.74, 6) is 2.99. The van der Waals surface area contributed by atoms with Crippen molar-refractivity contribution in [1.29, 1.82) is 0 Å². The molecule has 0 amide bonds. The molecule has 1 unspecified atom stereocenters. The second-order valence-electron chi connectivity index (χ2n) is 7.40. The van der Waals surface area contributed by atoms with Crippen molar-refractivity contribution in [2.24, 2.45) is 0 Å². The summed E-state index contributed by atoms with van der Waals surface area (Å²) in [6.07, 6.45) is 9.63. The topological polar surface area (TPSA) is 66.8 Å². The number of hydrogen-bond donors (Lipinski definition) is 1. The van der Waals surface area contributed by atoms with Crippen molar-refractivity contribution in [3.8, 4) is 0 Å². The van der Waals surface area contributed by atoms with E-state index in [4.69, 9.17) is 4.98 Å².